The van der Waals surface area contributed by atoms with Gasteiger partial charge in [-0.05, 0) is 0 Å². The van der Waals surface area contributed by atoms with Gasteiger partial charge in [0.1, 0.15) is 0 Å². The molecule has 0 spiro atoms. The van der Waals surface area contributed by atoms with Crippen molar-refractivity contribution in [3.8, 4) is 0 Å². The van der Waals surface area contributed by atoms with Crippen LogP contribution in [0.1, 0.15) is 0 Å². The Morgan fingerprint density at radius 2 is 1.22 bits per heavy atom. The van der Waals surface area contributed by atoms with Gasteiger partial charge < -0.3 is 7.85 Å². The molecule has 5 heteroatoms. The first-order chi connectivity index (χ1) is 3.64. The summed E-state index contributed by atoms with van der Waals surface area (Å²) in [6.07, 6.45) is -2.46. The molecule has 0 fully saturated rings. The second-order valence-corrected chi connectivity index (χ2v) is 0.608. The van der Waals surface area contributed by atoms with E-state index in [0.717, 1.165) is 0 Å². The summed E-state index contributed by atoms with van der Waals surface area (Å²) in [4.78, 5) is 0. The molecule has 0 saturated heterocycles. The summed E-state index contributed by atoms with van der Waals surface area (Å²) in [6.45, 7) is 6.00. The van der Waals surface area contributed by atoms with Crippen molar-refractivity contribution in [2.75, 3.05) is 0 Å². The van der Waals surface area contributed by atoms with Crippen LogP contribution < -0.4 is 51.4 Å². The minimum absolute atomic E-state index is 0. The van der Waals surface area contributed by atoms with E-state index in [0.29, 0.717) is 0 Å². The van der Waals surface area contributed by atoms with Gasteiger partial charge in [-0.1, -0.05) is 0 Å². The third-order valence-electron chi connectivity index (χ3n) is 0.181. The summed E-state index contributed by atoms with van der Waals surface area (Å²) < 4.78 is 31.8. The molecular formula is C4H4BF3K. The molecular weight excluding hydrogens is 155 g/mol. The summed E-state index contributed by atoms with van der Waals surface area (Å²) in [5.74, 6) is 0. The molecule has 0 rings (SSSR count). The molecule has 0 aliphatic carbocycles. The molecule has 0 aromatic heterocycles. The molecule has 0 heterocycles. The standard InChI is InChI=1S/C2BF3.C2H4.K/c3-1(4)2(5)6;1-2;/h;1-2H2;/q-1;;+1. The maximum absolute atomic E-state index is 10.7. The molecule has 0 aliphatic rings. The van der Waals surface area contributed by atoms with Gasteiger partial charge in [0.05, 0.1) is 0 Å². The van der Waals surface area contributed by atoms with Crippen molar-refractivity contribution in [2.45, 2.75) is 0 Å². The van der Waals surface area contributed by atoms with Crippen LogP contribution in [-0.2, 0) is 0 Å². The van der Waals surface area contributed by atoms with Crippen LogP contribution in [0.5, 0.6) is 0 Å². The van der Waals surface area contributed by atoms with Crippen molar-refractivity contribution in [1.82, 2.24) is 0 Å². The summed E-state index contributed by atoms with van der Waals surface area (Å²) in [6, 6.07) is 0. The molecule has 0 atom stereocenters. The summed E-state index contributed by atoms with van der Waals surface area (Å²) in [5, 5.41) is 0. The summed E-state index contributed by atoms with van der Waals surface area (Å²) >= 11 is 0. The van der Waals surface area contributed by atoms with E-state index in [2.05, 4.69) is 21.0 Å². The Balaban J connectivity index is -0.000000109. The van der Waals surface area contributed by atoms with Crippen LogP contribution in [0.3, 0.4) is 0 Å². The Bertz CT molecular complexity index is 75.8. The first kappa shape index (κ1) is 16.5. The van der Waals surface area contributed by atoms with Crippen molar-refractivity contribution in [1.29, 1.82) is 0 Å². The molecule has 0 aromatic carbocycles. The Kier molecular flexibility index (Phi) is 21.5. The van der Waals surface area contributed by atoms with Gasteiger partial charge in [-0.15, -0.1) is 18.9 Å². The zero-order valence-corrected chi connectivity index (χ0v) is 8.25. The Morgan fingerprint density at radius 3 is 1.22 bits per heavy atom. The van der Waals surface area contributed by atoms with Gasteiger partial charge in [0.25, 0.3) is 6.08 Å². The predicted octanol–water partition coefficient (Wildman–Crippen LogP) is -1.00. The smallest absolute Gasteiger partial charge is 0.531 e. The number of hydrogen-bond acceptors (Lipinski definition) is 0. The molecule has 0 aromatic rings. The van der Waals surface area contributed by atoms with E-state index >= 15 is 0 Å². The van der Waals surface area contributed by atoms with Crippen LogP contribution in [0.4, 0.5) is 13.2 Å². The summed E-state index contributed by atoms with van der Waals surface area (Å²) in [5.41, 5.74) is -1.91. The molecule has 45 valence electrons. The van der Waals surface area contributed by atoms with Crippen molar-refractivity contribution >= 4 is 7.85 Å². The minimum Gasteiger partial charge on any atom is -0.531 e. The number of hydrogen-bond donors (Lipinski definition) is 0. The van der Waals surface area contributed by atoms with E-state index in [-0.39, 0.29) is 51.4 Å². The topological polar surface area (TPSA) is 0 Å². The van der Waals surface area contributed by atoms with E-state index in [4.69, 9.17) is 0 Å². The molecule has 0 N–H and O–H groups in total. The normalized spacial score (nSPS) is 5.78. The SMILES string of the molecule is C=C.[B-]C(F)=C(F)F.[K+]. The van der Waals surface area contributed by atoms with Gasteiger partial charge in [-0.2, -0.15) is 8.78 Å². The van der Waals surface area contributed by atoms with Gasteiger partial charge in [0.15, 0.2) is 0 Å². The average Bonchev–Trinajstić information content (AvgIpc) is 1.72. The quantitative estimate of drug-likeness (QED) is 0.314. The molecule has 0 nitrogen and oxygen atoms in total. The van der Waals surface area contributed by atoms with Crippen LogP contribution in [-0.4, -0.2) is 7.85 Å². The monoisotopic (exact) mass is 159 g/mol. The van der Waals surface area contributed by atoms with Gasteiger partial charge in [0, 0.05) is 0 Å². The van der Waals surface area contributed by atoms with Crippen molar-refractivity contribution < 1.29 is 64.6 Å². The zero-order chi connectivity index (χ0) is 7.15. The Hall–Kier alpha value is 0.971. The molecule has 0 amide bonds. The van der Waals surface area contributed by atoms with Crippen LogP contribution in [0, 0.1) is 0 Å². The van der Waals surface area contributed by atoms with Gasteiger partial charge in [-0.3, -0.25) is 4.39 Å². The first-order valence-electron chi connectivity index (χ1n) is 1.61. The number of halogens is 3. The minimum atomic E-state index is -2.46. The fourth-order valence-electron chi connectivity index (χ4n) is 0. The van der Waals surface area contributed by atoms with Crippen molar-refractivity contribution in [3.05, 3.63) is 25.0 Å². The molecule has 0 aliphatic heterocycles. The predicted molar refractivity (Wildman–Crippen MR) is 27.4 cm³/mol. The van der Waals surface area contributed by atoms with Crippen molar-refractivity contribution in [2.24, 2.45) is 0 Å². The second kappa shape index (κ2) is 11.7. The van der Waals surface area contributed by atoms with E-state index in [9.17, 15) is 13.2 Å². The Labute approximate surface area is 96.0 Å². The van der Waals surface area contributed by atoms with E-state index in [1.54, 1.807) is 0 Å². The van der Waals surface area contributed by atoms with E-state index in [1.165, 1.54) is 0 Å². The van der Waals surface area contributed by atoms with Crippen LogP contribution in [0.25, 0.3) is 0 Å². The fraction of sp³-hybridized carbons (Fsp3) is 0. The van der Waals surface area contributed by atoms with Crippen LogP contribution >= 0.6 is 0 Å². The second-order valence-electron chi connectivity index (χ2n) is 0.608. The van der Waals surface area contributed by atoms with Crippen LogP contribution in [0.2, 0.25) is 0 Å². The molecule has 9 heavy (non-hydrogen) atoms. The van der Waals surface area contributed by atoms with Gasteiger partial charge in [-0.25, -0.2) is 0 Å². The number of rotatable bonds is 0. The maximum Gasteiger partial charge on any atom is 1.00 e. The van der Waals surface area contributed by atoms with Crippen molar-refractivity contribution in [3.63, 3.8) is 0 Å². The molecule has 0 bridgehead atoms. The van der Waals surface area contributed by atoms with Gasteiger partial charge >= 0.3 is 51.4 Å². The molecule has 0 saturated carbocycles. The maximum atomic E-state index is 10.7. The molecule has 0 unspecified atom stereocenters. The zero-order valence-electron chi connectivity index (χ0n) is 5.13. The first-order valence-corrected chi connectivity index (χ1v) is 1.61. The Morgan fingerprint density at radius 1 is 1.11 bits per heavy atom. The average molecular weight is 159 g/mol. The molecule has 3 radical (unpaired) electrons. The largest absolute Gasteiger partial charge is 1.00 e. The fourth-order valence-corrected chi connectivity index (χ4v) is 0. The van der Waals surface area contributed by atoms with Crippen LogP contribution in [0.15, 0.2) is 25.0 Å². The third kappa shape index (κ3) is 17.6. The van der Waals surface area contributed by atoms with E-state index < -0.39 is 11.8 Å². The van der Waals surface area contributed by atoms with Gasteiger partial charge in [0.2, 0.25) is 0 Å². The summed E-state index contributed by atoms with van der Waals surface area (Å²) in [7, 11) is 3.90. The van der Waals surface area contributed by atoms with E-state index in [1.807, 2.05) is 0 Å². The third-order valence-corrected chi connectivity index (χ3v) is 0.181.